The van der Waals surface area contributed by atoms with Gasteiger partial charge >= 0.3 is 0 Å². The van der Waals surface area contributed by atoms with Gasteiger partial charge in [0.15, 0.2) is 6.29 Å². The highest BCUT2D eigenvalue weighted by Gasteiger charge is 2.26. The molecule has 0 amide bonds. The van der Waals surface area contributed by atoms with Gasteiger partial charge in [0.2, 0.25) is 0 Å². The Morgan fingerprint density at radius 3 is 2.41 bits per heavy atom. The summed E-state index contributed by atoms with van der Waals surface area (Å²) in [6, 6.07) is 21.5. The molecule has 4 aromatic rings. The molecule has 3 aromatic carbocycles. The molecule has 1 aromatic heterocycles. The van der Waals surface area contributed by atoms with E-state index in [0.717, 1.165) is 52.1 Å². The van der Waals surface area contributed by atoms with Crippen LogP contribution in [-0.4, -0.2) is 67.7 Å². The van der Waals surface area contributed by atoms with Crippen LogP contribution in [0.5, 0.6) is 11.5 Å². The summed E-state index contributed by atoms with van der Waals surface area (Å²) in [4.78, 5) is 9.09. The van der Waals surface area contributed by atoms with E-state index in [4.69, 9.17) is 23.4 Å². The standard InChI is InChI=1S/C34H41N3O6S/c1-24-31(10-8-11-33(24)44(38,39)43-34-12-6-7-19-42-34)40-20-9-21-41-32-23-26(14-18-30(32)37(4)5)28-16-13-25-22-27(36(2)3)15-17-29(25)35-28/h8,10-11,13-18,22-23,34H,6-7,9,12,19-21H2,1-5H3. The average molecular weight is 620 g/mol. The number of ether oxygens (including phenoxy) is 3. The molecule has 0 bridgehead atoms. The van der Waals surface area contributed by atoms with E-state index in [1.807, 2.05) is 57.4 Å². The lowest BCUT2D eigenvalue weighted by Crippen LogP contribution is -2.25. The molecule has 10 heteroatoms. The van der Waals surface area contributed by atoms with Crippen molar-refractivity contribution < 1.29 is 26.8 Å². The van der Waals surface area contributed by atoms with Crippen LogP contribution in [-0.2, 0) is 19.0 Å². The summed E-state index contributed by atoms with van der Waals surface area (Å²) in [6.45, 7) is 3.00. The highest BCUT2D eigenvalue weighted by Crippen LogP contribution is 2.33. The Morgan fingerprint density at radius 2 is 1.68 bits per heavy atom. The quantitative estimate of drug-likeness (QED) is 0.132. The fraction of sp³-hybridized carbons (Fsp3) is 0.382. The van der Waals surface area contributed by atoms with Gasteiger partial charge in [-0.05, 0) is 74.7 Å². The van der Waals surface area contributed by atoms with E-state index in [1.54, 1.807) is 19.1 Å². The van der Waals surface area contributed by atoms with Gasteiger partial charge in [0.25, 0.3) is 10.1 Å². The number of pyridine rings is 1. The molecule has 0 spiro atoms. The van der Waals surface area contributed by atoms with Gasteiger partial charge in [-0.1, -0.05) is 18.2 Å². The van der Waals surface area contributed by atoms with Crippen molar-refractivity contribution in [2.75, 3.05) is 57.8 Å². The van der Waals surface area contributed by atoms with Gasteiger partial charge in [0, 0.05) is 63.4 Å². The van der Waals surface area contributed by atoms with Gasteiger partial charge < -0.3 is 24.0 Å². The van der Waals surface area contributed by atoms with Crippen LogP contribution in [0.1, 0.15) is 31.2 Å². The van der Waals surface area contributed by atoms with E-state index >= 15 is 0 Å². The van der Waals surface area contributed by atoms with E-state index in [0.29, 0.717) is 44.0 Å². The molecule has 1 atom stereocenters. The third kappa shape index (κ3) is 7.43. The van der Waals surface area contributed by atoms with E-state index in [2.05, 4.69) is 29.2 Å². The van der Waals surface area contributed by atoms with Gasteiger partial charge in [0.05, 0.1) is 30.1 Å². The number of hydrogen-bond donors (Lipinski definition) is 0. The highest BCUT2D eigenvalue weighted by molar-refractivity contribution is 7.86. The number of aromatic nitrogens is 1. The smallest absolute Gasteiger partial charge is 0.299 e. The zero-order chi connectivity index (χ0) is 31.3. The maximum Gasteiger partial charge on any atom is 0.299 e. The molecule has 1 unspecified atom stereocenters. The monoisotopic (exact) mass is 619 g/mol. The first-order chi connectivity index (χ1) is 21.1. The minimum absolute atomic E-state index is 0.0910. The molecule has 44 heavy (non-hydrogen) atoms. The van der Waals surface area contributed by atoms with Crippen molar-refractivity contribution in [3.63, 3.8) is 0 Å². The van der Waals surface area contributed by atoms with Gasteiger partial charge in [-0.2, -0.15) is 8.42 Å². The lowest BCUT2D eigenvalue weighted by molar-refractivity contribution is -0.102. The molecule has 0 aliphatic carbocycles. The van der Waals surface area contributed by atoms with Crippen molar-refractivity contribution in [3.05, 3.63) is 72.3 Å². The molecule has 234 valence electrons. The molecule has 0 N–H and O–H groups in total. The number of fused-ring (bicyclic) bond motifs is 1. The summed E-state index contributed by atoms with van der Waals surface area (Å²) in [5.41, 5.74) is 5.38. The summed E-state index contributed by atoms with van der Waals surface area (Å²) in [7, 11) is 4.03. The van der Waals surface area contributed by atoms with E-state index in [9.17, 15) is 8.42 Å². The predicted octanol–water partition coefficient (Wildman–Crippen LogP) is 6.42. The van der Waals surface area contributed by atoms with Crippen molar-refractivity contribution in [1.29, 1.82) is 0 Å². The molecule has 5 rings (SSSR count). The van der Waals surface area contributed by atoms with E-state index in [-0.39, 0.29) is 4.90 Å². The van der Waals surface area contributed by atoms with Crippen molar-refractivity contribution in [3.8, 4) is 22.8 Å². The largest absolute Gasteiger partial charge is 0.493 e. The second-order valence-corrected chi connectivity index (χ2v) is 12.9. The first-order valence-corrected chi connectivity index (χ1v) is 16.3. The lowest BCUT2D eigenvalue weighted by Gasteiger charge is -2.22. The maximum absolute atomic E-state index is 12.9. The van der Waals surface area contributed by atoms with Crippen molar-refractivity contribution in [1.82, 2.24) is 4.98 Å². The van der Waals surface area contributed by atoms with Crippen LogP contribution in [0, 0.1) is 6.92 Å². The zero-order valence-electron chi connectivity index (χ0n) is 26.1. The molecule has 9 nitrogen and oxygen atoms in total. The molecular formula is C34H41N3O6S. The summed E-state index contributed by atoms with van der Waals surface area (Å²) in [6.07, 6.45) is 2.21. The Kier molecular flexibility index (Phi) is 9.93. The van der Waals surface area contributed by atoms with Gasteiger partial charge in [-0.15, -0.1) is 0 Å². The fourth-order valence-corrected chi connectivity index (χ4v) is 6.39. The minimum atomic E-state index is -3.98. The molecule has 2 heterocycles. The van der Waals surface area contributed by atoms with Crippen LogP contribution >= 0.6 is 0 Å². The molecule has 1 saturated heterocycles. The Hall–Kier alpha value is -3.86. The normalized spacial score (nSPS) is 15.2. The number of nitrogens with zero attached hydrogens (tertiary/aromatic N) is 3. The van der Waals surface area contributed by atoms with Crippen LogP contribution in [0.3, 0.4) is 0 Å². The van der Waals surface area contributed by atoms with Crippen LogP contribution in [0.4, 0.5) is 11.4 Å². The van der Waals surface area contributed by atoms with E-state index in [1.165, 1.54) is 6.07 Å². The maximum atomic E-state index is 12.9. The topological polar surface area (TPSA) is 90.4 Å². The molecule has 0 saturated carbocycles. The predicted molar refractivity (Wildman–Crippen MR) is 174 cm³/mol. The number of anilines is 2. The number of rotatable bonds is 12. The van der Waals surface area contributed by atoms with Gasteiger partial charge in [0.1, 0.15) is 16.4 Å². The molecule has 1 aliphatic rings. The lowest BCUT2D eigenvalue weighted by atomic mass is 10.1. The second kappa shape index (κ2) is 13.8. The minimum Gasteiger partial charge on any atom is -0.493 e. The van der Waals surface area contributed by atoms with Crippen LogP contribution in [0.2, 0.25) is 0 Å². The SMILES string of the molecule is Cc1c(OCCCOc2cc(-c3ccc4cc(N(C)C)ccc4n3)ccc2N(C)C)cccc1S(=O)(=O)OC1CCCCO1. The highest BCUT2D eigenvalue weighted by atomic mass is 32.2. The average Bonchev–Trinajstić information content (AvgIpc) is 3.01. The van der Waals surface area contributed by atoms with Gasteiger partial charge in [-0.25, -0.2) is 9.17 Å². The zero-order valence-corrected chi connectivity index (χ0v) is 26.9. The second-order valence-electron chi connectivity index (χ2n) is 11.3. The van der Waals surface area contributed by atoms with Crippen LogP contribution in [0.25, 0.3) is 22.2 Å². The third-order valence-corrected chi connectivity index (χ3v) is 9.05. The summed E-state index contributed by atoms with van der Waals surface area (Å²) in [5.74, 6) is 1.25. The van der Waals surface area contributed by atoms with Crippen LogP contribution < -0.4 is 19.3 Å². The number of hydrogen-bond acceptors (Lipinski definition) is 9. The molecule has 1 fully saturated rings. The molecule has 1 aliphatic heterocycles. The van der Waals surface area contributed by atoms with Crippen molar-refractivity contribution in [2.24, 2.45) is 0 Å². The Labute approximate surface area is 260 Å². The van der Waals surface area contributed by atoms with Crippen LogP contribution in [0.15, 0.2) is 71.6 Å². The first kappa shape index (κ1) is 31.6. The third-order valence-electron chi connectivity index (χ3n) is 7.61. The molecule has 0 radical (unpaired) electrons. The Balaban J connectivity index is 1.22. The number of benzene rings is 3. The summed E-state index contributed by atoms with van der Waals surface area (Å²) >= 11 is 0. The first-order valence-electron chi connectivity index (χ1n) is 14.9. The van der Waals surface area contributed by atoms with Gasteiger partial charge in [-0.3, -0.25) is 0 Å². The van der Waals surface area contributed by atoms with E-state index < -0.39 is 16.4 Å². The molecular weight excluding hydrogens is 578 g/mol. The van der Waals surface area contributed by atoms with Crippen molar-refractivity contribution >= 4 is 32.4 Å². The Morgan fingerprint density at radius 1 is 0.886 bits per heavy atom. The summed E-state index contributed by atoms with van der Waals surface area (Å²) in [5, 5.41) is 1.09. The van der Waals surface area contributed by atoms with Crippen molar-refractivity contribution in [2.45, 2.75) is 43.8 Å². The summed E-state index contributed by atoms with van der Waals surface area (Å²) < 4.78 is 48.9. The Bertz CT molecular complexity index is 1700. The fourth-order valence-electron chi connectivity index (χ4n) is 5.14.